The van der Waals surface area contributed by atoms with Crippen molar-refractivity contribution in [2.75, 3.05) is 128 Å². The fourth-order valence-corrected chi connectivity index (χ4v) is 16.5. The van der Waals surface area contributed by atoms with E-state index in [-0.39, 0.29) is 176 Å². The van der Waals surface area contributed by atoms with Gasteiger partial charge in [-0.25, -0.2) is 19.9 Å². The Morgan fingerprint density at radius 2 is 0.743 bits per heavy atom. The van der Waals surface area contributed by atoms with E-state index in [2.05, 4.69) is 153 Å². The van der Waals surface area contributed by atoms with Crippen molar-refractivity contribution in [3.63, 3.8) is 0 Å². The molecule has 0 unspecified atom stereocenters. The smallest absolute Gasteiger partial charge is 0.251 e. The molecular weight excluding hydrogens is 2350 g/mol. The van der Waals surface area contributed by atoms with Gasteiger partial charge in [0.15, 0.2) is 0 Å². The number of methoxy groups -OCH3 is 7. The van der Waals surface area contributed by atoms with E-state index in [1.54, 1.807) is 136 Å². The van der Waals surface area contributed by atoms with Gasteiger partial charge in [0.1, 0.15) is 40.0 Å². The average molecular weight is 2470 g/mol. The molecule has 0 atom stereocenters. The van der Waals surface area contributed by atoms with Crippen molar-refractivity contribution in [1.29, 1.82) is 5.26 Å². The van der Waals surface area contributed by atoms with Gasteiger partial charge in [-0.05, 0) is 186 Å². The van der Waals surface area contributed by atoms with E-state index >= 15 is 0 Å². The molecule has 0 spiro atoms. The van der Waals surface area contributed by atoms with Gasteiger partial charge >= 0.3 is 0 Å². The van der Waals surface area contributed by atoms with Crippen LogP contribution in [0.2, 0.25) is 0 Å². The van der Waals surface area contributed by atoms with E-state index in [9.17, 15) is 14.9 Å². The first-order valence-electron chi connectivity index (χ1n) is 46.4. The predicted molar refractivity (Wildman–Crippen MR) is 541 cm³/mol. The van der Waals surface area contributed by atoms with E-state index in [1.807, 2.05) is 120 Å². The second kappa shape index (κ2) is 57.0. The summed E-state index contributed by atoms with van der Waals surface area (Å²) in [4.78, 5) is 72.2. The van der Waals surface area contributed by atoms with E-state index in [1.165, 1.54) is 51.4 Å². The molecule has 148 heavy (non-hydrogen) atoms. The van der Waals surface area contributed by atoms with Gasteiger partial charge in [0.2, 0.25) is 5.91 Å². The van der Waals surface area contributed by atoms with Gasteiger partial charge in [-0.1, -0.05) is 15.9 Å². The van der Waals surface area contributed by atoms with E-state index < -0.39 is 5.54 Å². The summed E-state index contributed by atoms with van der Waals surface area (Å²) in [5.74, 6) is 6.54. The summed E-state index contributed by atoms with van der Waals surface area (Å²) in [6, 6.07) is 50.0. The van der Waals surface area contributed by atoms with E-state index in [4.69, 9.17) is 58.2 Å². The second-order valence-corrected chi connectivity index (χ2v) is 36.2. The van der Waals surface area contributed by atoms with E-state index in [0.717, 1.165) is 190 Å². The van der Waals surface area contributed by atoms with Crippen LogP contribution in [0.15, 0.2) is 220 Å². The average Bonchev–Trinajstić information content (AvgIpc) is 1.26. The molecule has 4 saturated carbocycles. The number of anilines is 8. The first-order valence-corrected chi connectivity index (χ1v) is 47.5. The molecule has 0 aliphatic heterocycles. The molecule has 8 aromatic heterocycles. The molecule has 9 radical (unpaired) electrons. The molecule has 4 aliphatic rings. The van der Waals surface area contributed by atoms with Crippen LogP contribution in [0.25, 0.3) is 89.2 Å². The Morgan fingerprint density at radius 1 is 0.412 bits per heavy atom. The van der Waals surface area contributed by atoms with Crippen LogP contribution in [0, 0.1) is 35.0 Å². The number of ether oxygens (including phenoxy) is 7. The summed E-state index contributed by atoms with van der Waals surface area (Å²) in [5.41, 5.74) is 21.3. The number of amides is 2. The van der Waals surface area contributed by atoms with Crippen LogP contribution in [0.5, 0.6) is 34.5 Å². The Balaban J connectivity index is 0.000000236. The van der Waals surface area contributed by atoms with Crippen molar-refractivity contribution in [1.82, 2.24) is 89.6 Å². The fourth-order valence-electron chi connectivity index (χ4n) is 16.2. The number of fused-ring (bicyclic) bond motifs is 4. The zero-order chi connectivity index (χ0) is 96.8. The number of aromatic nitrogens is 16. The quantitative estimate of drug-likeness (QED) is 0.0307. The summed E-state index contributed by atoms with van der Waals surface area (Å²) in [7, 11) is 15.1. The van der Waals surface area contributed by atoms with Gasteiger partial charge in [-0.15, -0.1) is 0 Å². The van der Waals surface area contributed by atoms with Crippen LogP contribution < -0.4 is 58.7 Å². The molecule has 33 nitrogen and oxygen atoms in total. The number of nitrogens with one attached hydrogen (secondary N) is 2. The molecule has 3 N–H and O–H groups in total. The minimum atomic E-state index is -0.939. The van der Waals surface area contributed by atoms with Gasteiger partial charge in [0, 0.05) is 357 Å². The molecule has 4 fully saturated rings. The molecule has 4 aliphatic carbocycles. The Labute approximate surface area is 961 Å². The molecule has 43 heteroatoms. The normalized spacial score (nSPS) is 12.4. The third kappa shape index (κ3) is 31.1. The third-order valence-corrected chi connectivity index (χ3v) is 25.1. The van der Waals surface area contributed by atoms with Crippen LogP contribution >= 0.6 is 15.9 Å². The Kier molecular flexibility index (Phi) is 47.2. The number of nitriles is 1. The third-order valence-electron chi connectivity index (χ3n) is 24.8. The van der Waals surface area contributed by atoms with Crippen molar-refractivity contribution >= 4 is 117 Å². The number of alkyl halides is 1. The molecule has 795 valence electrons. The number of hydrogen-bond donors (Lipinski definition) is 3. The number of aliphatic hydroxyl groups excluding tert-OH is 1. The largest absolute Gasteiger partial charge is 0.497 e. The number of carbonyl (C=O) groups excluding carboxylic acids is 2. The first-order chi connectivity index (χ1) is 67.7. The maximum atomic E-state index is 12.6. The predicted octanol–water partition coefficient (Wildman–Crippen LogP) is 17.8. The van der Waals surface area contributed by atoms with E-state index in [0.29, 0.717) is 65.1 Å². The molecule has 0 saturated heterocycles. The van der Waals surface area contributed by atoms with Crippen LogP contribution in [0.3, 0.4) is 0 Å². The molecular formula is C105H112BrCo9N23O10. The number of aryl methyl sites for hydroxylation is 2. The Bertz CT molecular complexity index is 7110. The number of hydrogen-bond acceptors (Lipinski definition) is 27. The summed E-state index contributed by atoms with van der Waals surface area (Å²) in [6.45, 7) is 9.26. The number of carbonyl (C=O) groups is 2. The first kappa shape index (κ1) is 123. The Morgan fingerprint density at radius 3 is 1.07 bits per heavy atom. The van der Waals surface area contributed by atoms with Crippen LogP contribution in [0.4, 0.5) is 45.5 Å². The maximum absolute atomic E-state index is 12.6. The van der Waals surface area contributed by atoms with Gasteiger partial charge in [-0.2, -0.15) is 25.7 Å². The van der Waals surface area contributed by atoms with Gasteiger partial charge < -0.3 is 68.5 Å². The standard InChI is InChI=1S/C29H34N6O4.C27H30N6O3.C25H26BrN5O2.C24H22N6O.9Co/c1-29(2,28(37)30-9-10-36)35-18-20(15-32-35)27-16-31-25-8-7-21(13-26(25)33-27)34(17-19-5-6-19)22-11-23(38-3)14-24(12-22)39-4;1-28-27(34)19-10-22(12-23(11-19)36-3)33(16-18-4-5-18)21-6-7-24-25(13-21)31-26(15-29-24)20-14-30-32(17-20)8-9-35-2;1-32-21-9-20(10-22(12-21)33-2)31(15-17-3-4-17)19-5-6-23-24(11-19)29-25(14-27-23)18-13-28-30(16-18)8-7-26;1-29-15-18(12-27-29)24-13-26-22-6-5-19(10-23(22)28-24)30(14-16-3-4-16)20-7-17(11-25)8-21(9-20)31-2;;;;;;;;;/h7-8,11-16,18-19,36H,5-6,9-10,17H2,1-4H3,(H,30,37);6-7,10-15,17-18H,4-5,8-9,16H2,1-3H3,(H,28,34);5-6,9-14,16-17H,3-4,7-8,15H2,1-2H3;5-10,12-13,15-16H,3-4,14H2,1-2H3;;;;;;;;;. The van der Waals surface area contributed by atoms with Crippen molar-refractivity contribution in [3.8, 4) is 85.6 Å². The minimum absolute atomic E-state index is 0. The minimum Gasteiger partial charge on any atom is -0.497 e. The van der Waals surface area contributed by atoms with Crippen molar-refractivity contribution in [3.05, 3.63) is 231 Å². The molecule has 0 bridgehead atoms. The van der Waals surface area contributed by atoms with Crippen molar-refractivity contribution in [2.24, 2.45) is 30.7 Å². The zero-order valence-electron chi connectivity index (χ0n) is 82.7. The van der Waals surface area contributed by atoms with Gasteiger partial charge in [-0.3, -0.25) is 48.3 Å². The Hall–Kier alpha value is -10.7. The summed E-state index contributed by atoms with van der Waals surface area (Å²) < 4.78 is 45.3. The molecule has 16 aromatic rings. The summed E-state index contributed by atoms with van der Waals surface area (Å²) in [6.07, 6.45) is 31.7. The fraction of sp³-hybridized carbons (Fsp3) is 0.324. The summed E-state index contributed by atoms with van der Waals surface area (Å²) >= 11 is 3.45. The number of rotatable bonds is 36. The van der Waals surface area contributed by atoms with Crippen LogP contribution in [0.1, 0.15) is 81.1 Å². The van der Waals surface area contributed by atoms with Gasteiger partial charge in [0.25, 0.3) is 5.91 Å². The molecule has 8 aromatic carbocycles. The van der Waals surface area contributed by atoms with Gasteiger partial charge in [0.05, 0.1) is 197 Å². The molecule has 20 rings (SSSR count). The number of nitrogens with zero attached hydrogens (tertiary/aromatic N) is 21. The number of benzene rings is 8. The number of aliphatic hydroxyl groups is 1. The monoisotopic (exact) mass is 2460 g/mol. The van der Waals surface area contributed by atoms with Crippen molar-refractivity contribution in [2.45, 2.75) is 83.8 Å². The molecule has 8 heterocycles. The number of halogens is 1. The molecule has 2 amide bonds. The SMILES string of the molecule is CNC(=O)c1cc(OC)cc(N(CC2CC2)c2ccc3ncc(-c4cnn(CCOC)c4)nc3c2)c1.COc1cc(C#N)cc(N(CC2CC2)c2ccc3ncc(-c4cnn(C)c4)nc3c2)c1.COc1cc(OC)cc(N(CC2CC2)c2ccc3ncc(-c4cnn(C(C)(C)C(=O)NCCO)c4)nc3c2)c1.COc1cc(OC)cc(N(CC2CC2)c2ccc3ncc(-c4cnn(CCBr)c4)nc3c2)c1.[Co].[Co].[Co].[Co].[Co].[Co].[Co].[Co].[Co]. The maximum Gasteiger partial charge on any atom is 0.251 e. The zero-order valence-corrected chi connectivity index (χ0v) is 93.7. The summed E-state index contributed by atoms with van der Waals surface area (Å²) in [5, 5.41) is 42.2. The van der Waals surface area contributed by atoms with Crippen LogP contribution in [-0.2, 0) is 186 Å². The van der Waals surface area contributed by atoms with Crippen LogP contribution in [-0.4, -0.2) is 204 Å². The second-order valence-electron chi connectivity index (χ2n) is 35.4. The topological polar surface area (TPSA) is 354 Å². The van der Waals surface area contributed by atoms with Crippen molar-refractivity contribution < 1.29 is 199 Å².